The van der Waals surface area contributed by atoms with Crippen molar-refractivity contribution in [3.8, 4) is 0 Å². The van der Waals surface area contributed by atoms with Crippen LogP contribution < -0.4 is 5.32 Å². The number of amides is 1. The second-order valence-corrected chi connectivity index (χ2v) is 5.24. The first-order valence-electron chi connectivity index (χ1n) is 5.69. The normalized spacial score (nSPS) is 12.1. The molecule has 0 fully saturated rings. The lowest BCUT2D eigenvalue weighted by Crippen LogP contribution is -2.32. The number of hydrogen-bond acceptors (Lipinski definition) is 2. The van der Waals surface area contributed by atoms with E-state index in [-0.39, 0.29) is 11.3 Å². The van der Waals surface area contributed by atoms with Gasteiger partial charge in [-0.3, -0.25) is 4.79 Å². The molecule has 110 valence electrons. The number of halogens is 3. The van der Waals surface area contributed by atoms with Crippen LogP contribution in [0.1, 0.15) is 36.7 Å². The standard InChI is InChI=1S/C13H14F3NO3/c1-12(2,3)8-6-4-5-7(10(18)19)9(8)17-11(20)13(14,15)16/h4-6H,1-3H3,(H,17,20)(H,18,19). The molecule has 0 atom stereocenters. The number of carbonyl (C=O) groups excluding carboxylic acids is 1. The van der Waals surface area contributed by atoms with E-state index in [1.807, 2.05) is 0 Å². The molecule has 2 N–H and O–H groups in total. The maximum absolute atomic E-state index is 12.3. The van der Waals surface area contributed by atoms with Crippen LogP contribution in [0.15, 0.2) is 18.2 Å². The van der Waals surface area contributed by atoms with Crippen LogP contribution in [0, 0.1) is 0 Å². The van der Waals surface area contributed by atoms with Crippen molar-refractivity contribution in [2.24, 2.45) is 0 Å². The molecule has 1 aromatic rings. The van der Waals surface area contributed by atoms with Gasteiger partial charge in [0.2, 0.25) is 0 Å². The molecule has 1 rings (SSSR count). The van der Waals surface area contributed by atoms with Crippen LogP contribution in [0.25, 0.3) is 0 Å². The number of benzene rings is 1. The minimum atomic E-state index is -5.08. The Balaban J connectivity index is 3.41. The highest BCUT2D eigenvalue weighted by Crippen LogP contribution is 2.33. The second-order valence-electron chi connectivity index (χ2n) is 5.24. The highest BCUT2D eigenvalue weighted by molar-refractivity contribution is 6.03. The molecule has 1 amide bonds. The van der Waals surface area contributed by atoms with E-state index in [9.17, 15) is 22.8 Å². The van der Waals surface area contributed by atoms with Gasteiger partial charge in [0.15, 0.2) is 0 Å². The molecule has 0 radical (unpaired) electrons. The Hall–Kier alpha value is -2.05. The lowest BCUT2D eigenvalue weighted by atomic mass is 9.84. The summed E-state index contributed by atoms with van der Waals surface area (Å²) in [6.45, 7) is 5.12. The number of carboxylic acid groups (broad SMARTS) is 1. The van der Waals surface area contributed by atoms with Gasteiger partial charge in [-0.05, 0) is 17.0 Å². The Kier molecular flexibility index (Phi) is 4.12. The number of alkyl halides is 3. The Morgan fingerprint density at radius 3 is 2.10 bits per heavy atom. The number of hydrogen-bond donors (Lipinski definition) is 2. The van der Waals surface area contributed by atoms with Crippen molar-refractivity contribution in [2.75, 3.05) is 5.32 Å². The van der Waals surface area contributed by atoms with E-state index in [0.717, 1.165) is 6.07 Å². The summed E-state index contributed by atoms with van der Waals surface area (Å²) >= 11 is 0. The van der Waals surface area contributed by atoms with Crippen molar-refractivity contribution in [3.05, 3.63) is 29.3 Å². The molecule has 0 saturated heterocycles. The topological polar surface area (TPSA) is 66.4 Å². The van der Waals surface area contributed by atoms with E-state index in [1.54, 1.807) is 26.1 Å². The van der Waals surface area contributed by atoms with Gasteiger partial charge in [-0.2, -0.15) is 13.2 Å². The Morgan fingerprint density at radius 2 is 1.70 bits per heavy atom. The minimum absolute atomic E-state index is 0.315. The number of carbonyl (C=O) groups is 2. The molecule has 7 heteroatoms. The van der Waals surface area contributed by atoms with Crippen LogP contribution >= 0.6 is 0 Å². The van der Waals surface area contributed by atoms with Crippen molar-refractivity contribution in [2.45, 2.75) is 32.4 Å². The van der Waals surface area contributed by atoms with Crippen LogP contribution in [0.3, 0.4) is 0 Å². The summed E-state index contributed by atoms with van der Waals surface area (Å²) < 4.78 is 37.0. The average molecular weight is 289 g/mol. The van der Waals surface area contributed by atoms with E-state index in [1.165, 1.54) is 12.1 Å². The Bertz CT molecular complexity index is 545. The van der Waals surface area contributed by atoms with Crippen LogP contribution in [-0.4, -0.2) is 23.2 Å². The third-order valence-electron chi connectivity index (χ3n) is 2.60. The first-order chi connectivity index (χ1) is 8.94. The van der Waals surface area contributed by atoms with E-state index >= 15 is 0 Å². The van der Waals surface area contributed by atoms with Gasteiger partial charge in [0.1, 0.15) is 0 Å². The number of para-hydroxylation sites is 1. The average Bonchev–Trinajstić information content (AvgIpc) is 2.25. The first-order valence-corrected chi connectivity index (χ1v) is 5.69. The molecule has 0 bridgehead atoms. The molecule has 0 aliphatic carbocycles. The summed E-state index contributed by atoms with van der Waals surface area (Å²) in [5, 5.41) is 10.7. The van der Waals surface area contributed by atoms with Crippen LogP contribution in [0.4, 0.5) is 18.9 Å². The van der Waals surface area contributed by atoms with Crippen molar-refractivity contribution in [1.82, 2.24) is 0 Å². The number of rotatable bonds is 2. The fraction of sp³-hybridized carbons (Fsp3) is 0.385. The van der Waals surface area contributed by atoms with Gasteiger partial charge >= 0.3 is 18.1 Å². The van der Waals surface area contributed by atoms with Gasteiger partial charge in [-0.1, -0.05) is 32.9 Å². The predicted octanol–water partition coefficient (Wildman–Crippen LogP) is 3.18. The fourth-order valence-electron chi connectivity index (χ4n) is 1.67. The molecule has 0 unspecified atom stereocenters. The Labute approximate surface area is 113 Å². The molecule has 4 nitrogen and oxygen atoms in total. The summed E-state index contributed by atoms with van der Waals surface area (Å²) in [7, 11) is 0. The van der Waals surface area contributed by atoms with E-state index in [0.29, 0.717) is 5.56 Å². The van der Waals surface area contributed by atoms with Gasteiger partial charge in [-0.15, -0.1) is 0 Å². The molecule has 0 aliphatic heterocycles. The second kappa shape index (κ2) is 5.15. The van der Waals surface area contributed by atoms with Gasteiger partial charge < -0.3 is 10.4 Å². The third-order valence-corrected chi connectivity index (χ3v) is 2.60. The summed E-state index contributed by atoms with van der Waals surface area (Å²) in [5.41, 5.74) is -1.01. The summed E-state index contributed by atoms with van der Waals surface area (Å²) in [5.74, 6) is -3.61. The number of carboxylic acids is 1. The number of anilines is 1. The molecule has 0 aliphatic rings. The Morgan fingerprint density at radius 1 is 1.15 bits per heavy atom. The molecule has 20 heavy (non-hydrogen) atoms. The van der Waals surface area contributed by atoms with Crippen molar-refractivity contribution in [1.29, 1.82) is 0 Å². The van der Waals surface area contributed by atoms with Crippen molar-refractivity contribution in [3.63, 3.8) is 0 Å². The highest BCUT2D eigenvalue weighted by atomic mass is 19.4. The van der Waals surface area contributed by atoms with Gasteiger partial charge in [-0.25, -0.2) is 4.79 Å². The maximum atomic E-state index is 12.3. The molecular weight excluding hydrogens is 275 g/mol. The van der Waals surface area contributed by atoms with E-state index in [4.69, 9.17) is 5.11 Å². The molecule has 0 saturated carbocycles. The largest absolute Gasteiger partial charge is 0.478 e. The first kappa shape index (κ1) is 16.0. The van der Waals surface area contributed by atoms with Crippen molar-refractivity contribution < 1.29 is 27.9 Å². The van der Waals surface area contributed by atoms with Crippen LogP contribution in [-0.2, 0) is 10.2 Å². The molecule has 0 aromatic heterocycles. The molecule has 0 heterocycles. The monoisotopic (exact) mass is 289 g/mol. The molecule has 1 aromatic carbocycles. The van der Waals surface area contributed by atoms with Gasteiger partial charge in [0.05, 0.1) is 11.3 Å². The fourth-order valence-corrected chi connectivity index (χ4v) is 1.67. The summed E-state index contributed by atoms with van der Waals surface area (Å²) in [6.07, 6.45) is -5.08. The SMILES string of the molecule is CC(C)(C)c1cccc(C(=O)O)c1NC(=O)C(F)(F)F. The number of nitrogens with one attached hydrogen (secondary N) is 1. The van der Waals surface area contributed by atoms with E-state index < -0.39 is 23.5 Å². The summed E-state index contributed by atoms with van der Waals surface area (Å²) in [6, 6.07) is 4.05. The highest BCUT2D eigenvalue weighted by Gasteiger charge is 2.40. The van der Waals surface area contributed by atoms with E-state index in [2.05, 4.69) is 0 Å². The molecular formula is C13H14F3NO3. The summed E-state index contributed by atoms with van der Waals surface area (Å²) in [4.78, 5) is 22.2. The third kappa shape index (κ3) is 3.49. The zero-order valence-corrected chi connectivity index (χ0v) is 11.1. The minimum Gasteiger partial charge on any atom is -0.478 e. The van der Waals surface area contributed by atoms with Gasteiger partial charge in [0, 0.05) is 0 Å². The van der Waals surface area contributed by atoms with Crippen LogP contribution in [0.2, 0.25) is 0 Å². The lowest BCUT2D eigenvalue weighted by Gasteiger charge is -2.24. The smallest absolute Gasteiger partial charge is 0.471 e. The van der Waals surface area contributed by atoms with Gasteiger partial charge in [0.25, 0.3) is 0 Å². The number of aromatic carboxylic acids is 1. The zero-order chi connectivity index (χ0) is 15.7. The maximum Gasteiger partial charge on any atom is 0.471 e. The predicted molar refractivity (Wildman–Crippen MR) is 66.8 cm³/mol. The lowest BCUT2D eigenvalue weighted by molar-refractivity contribution is -0.167. The molecule has 0 spiro atoms. The van der Waals surface area contributed by atoms with Crippen molar-refractivity contribution >= 4 is 17.6 Å². The van der Waals surface area contributed by atoms with Crippen LogP contribution in [0.5, 0.6) is 0 Å². The quantitative estimate of drug-likeness (QED) is 0.878. The zero-order valence-electron chi connectivity index (χ0n) is 11.1.